The molecule has 2 aromatic rings. The molecule has 4 fully saturated rings. The van der Waals surface area contributed by atoms with Crippen LogP contribution in [0.25, 0.3) is 0 Å². The van der Waals surface area contributed by atoms with Crippen molar-refractivity contribution in [1.82, 2.24) is 10.3 Å². The first-order valence-corrected chi connectivity index (χ1v) is 14.2. The van der Waals surface area contributed by atoms with Gasteiger partial charge in [-0.1, -0.05) is 6.42 Å². The Hall–Kier alpha value is -3.42. The van der Waals surface area contributed by atoms with Gasteiger partial charge in [-0.3, -0.25) is 14.4 Å². The summed E-state index contributed by atoms with van der Waals surface area (Å²) in [5, 5.41) is 6.57. The van der Waals surface area contributed by atoms with Gasteiger partial charge in [0.25, 0.3) is 11.8 Å². The van der Waals surface area contributed by atoms with Crippen molar-refractivity contribution in [2.75, 3.05) is 23.3 Å². The second-order valence-electron chi connectivity index (χ2n) is 11.7. The van der Waals surface area contributed by atoms with E-state index in [1.54, 1.807) is 24.4 Å². The van der Waals surface area contributed by atoms with Crippen LogP contribution in [0.3, 0.4) is 0 Å². The molecule has 3 atom stereocenters. The third kappa shape index (κ3) is 5.13. The molecule has 1 aromatic carbocycles. The second-order valence-corrected chi connectivity index (χ2v) is 11.7. The Labute approximate surface area is 223 Å². The lowest BCUT2D eigenvalue weighted by Gasteiger charge is -2.38. The average molecular weight is 516 g/mol. The molecule has 3 unspecified atom stereocenters. The largest absolute Gasteiger partial charge is 0.384 e. The number of pyridine rings is 1. The topological polar surface area (TPSA) is 117 Å². The molecule has 4 N–H and O–H groups in total. The van der Waals surface area contributed by atoms with Gasteiger partial charge in [0.05, 0.1) is 5.56 Å². The zero-order valence-electron chi connectivity index (χ0n) is 21.8. The van der Waals surface area contributed by atoms with Crippen LogP contribution in [-0.4, -0.2) is 47.8 Å². The molecule has 2 amide bonds. The van der Waals surface area contributed by atoms with Crippen LogP contribution in [-0.2, 0) is 0 Å². The summed E-state index contributed by atoms with van der Waals surface area (Å²) >= 11 is 0. The maximum absolute atomic E-state index is 13.2. The van der Waals surface area contributed by atoms with Gasteiger partial charge in [-0.15, -0.1) is 0 Å². The highest BCUT2D eigenvalue weighted by Gasteiger charge is 2.41. The van der Waals surface area contributed by atoms with Gasteiger partial charge in [0.1, 0.15) is 5.82 Å². The van der Waals surface area contributed by atoms with Crippen molar-refractivity contribution in [2.45, 2.75) is 69.9 Å². The summed E-state index contributed by atoms with van der Waals surface area (Å²) in [6.07, 6.45) is 11.3. The number of nitrogens with two attached hydrogens (primary N) is 1. The Morgan fingerprint density at radius 1 is 0.974 bits per heavy atom. The number of aromatic nitrogens is 1. The number of nitrogens with one attached hydrogen (secondary N) is 2. The number of primary amides is 1. The van der Waals surface area contributed by atoms with Gasteiger partial charge >= 0.3 is 0 Å². The molecule has 0 spiro atoms. The number of ketones is 1. The molecule has 200 valence electrons. The molecular formula is C30H37N5O3. The van der Waals surface area contributed by atoms with E-state index in [9.17, 15) is 14.4 Å². The van der Waals surface area contributed by atoms with E-state index in [2.05, 4.69) is 15.5 Å². The first kappa shape index (κ1) is 24.9. The summed E-state index contributed by atoms with van der Waals surface area (Å²) < 4.78 is 0. The van der Waals surface area contributed by atoms with Gasteiger partial charge in [0.15, 0.2) is 5.78 Å². The summed E-state index contributed by atoms with van der Waals surface area (Å²) in [5.41, 5.74) is 7.86. The predicted octanol–water partition coefficient (Wildman–Crippen LogP) is 4.16. The summed E-state index contributed by atoms with van der Waals surface area (Å²) in [4.78, 5) is 44.8. The number of carbonyl (C=O) groups excluding carboxylic acids is 3. The zero-order chi connectivity index (χ0) is 26.2. The first-order valence-electron chi connectivity index (χ1n) is 14.2. The fourth-order valence-corrected chi connectivity index (χ4v) is 6.39. The monoisotopic (exact) mass is 515 g/mol. The molecule has 6 rings (SSSR count). The Morgan fingerprint density at radius 2 is 1.79 bits per heavy atom. The summed E-state index contributed by atoms with van der Waals surface area (Å²) in [7, 11) is 0. The number of carbonyl (C=O) groups is 3. The molecule has 3 aliphatic carbocycles. The van der Waals surface area contributed by atoms with E-state index in [1.807, 2.05) is 12.1 Å². The van der Waals surface area contributed by atoms with Crippen LogP contribution in [0, 0.1) is 17.8 Å². The maximum atomic E-state index is 13.2. The van der Waals surface area contributed by atoms with Gasteiger partial charge in [0.2, 0.25) is 0 Å². The van der Waals surface area contributed by atoms with Crippen molar-refractivity contribution >= 4 is 29.1 Å². The minimum absolute atomic E-state index is 0.0799. The van der Waals surface area contributed by atoms with E-state index in [-0.39, 0.29) is 23.7 Å². The highest BCUT2D eigenvalue weighted by atomic mass is 16.2. The Morgan fingerprint density at radius 3 is 2.47 bits per heavy atom. The van der Waals surface area contributed by atoms with Crippen molar-refractivity contribution in [3.05, 3.63) is 53.2 Å². The number of nitrogens with zero attached hydrogens (tertiary/aromatic N) is 2. The van der Waals surface area contributed by atoms with Crippen molar-refractivity contribution in [3.8, 4) is 0 Å². The molecule has 1 saturated heterocycles. The lowest BCUT2D eigenvalue weighted by molar-refractivity contribution is 0.0854. The molecule has 2 heterocycles. The fraction of sp³-hybridized carbons (Fsp3) is 0.533. The normalized spacial score (nSPS) is 24.8. The minimum Gasteiger partial charge on any atom is -0.384 e. The molecule has 0 bridgehead atoms. The maximum Gasteiger partial charge on any atom is 0.251 e. The number of hydrogen-bond acceptors (Lipinski definition) is 6. The second kappa shape index (κ2) is 10.4. The van der Waals surface area contributed by atoms with E-state index in [1.165, 1.54) is 12.8 Å². The number of benzene rings is 1. The van der Waals surface area contributed by atoms with Gasteiger partial charge in [-0.05, 0) is 93.5 Å². The lowest BCUT2D eigenvalue weighted by Crippen LogP contribution is -2.43. The van der Waals surface area contributed by atoms with Crippen LogP contribution in [0.1, 0.15) is 88.9 Å². The highest BCUT2D eigenvalue weighted by molar-refractivity contribution is 6.02. The van der Waals surface area contributed by atoms with Crippen LogP contribution >= 0.6 is 0 Å². The summed E-state index contributed by atoms with van der Waals surface area (Å²) in [6, 6.07) is 9.42. The molecule has 1 aromatic heterocycles. The van der Waals surface area contributed by atoms with E-state index in [0.717, 1.165) is 69.4 Å². The van der Waals surface area contributed by atoms with Crippen molar-refractivity contribution < 1.29 is 14.4 Å². The number of Topliss-reactive ketones (excluding diaryl/α,β-unsaturated/α-hetero) is 1. The lowest BCUT2D eigenvalue weighted by atomic mass is 9.80. The molecule has 38 heavy (non-hydrogen) atoms. The third-order valence-corrected chi connectivity index (χ3v) is 8.99. The number of anilines is 2. The van der Waals surface area contributed by atoms with E-state index < -0.39 is 5.91 Å². The number of fused-ring (bicyclic) bond motifs is 1. The van der Waals surface area contributed by atoms with E-state index in [4.69, 9.17) is 10.7 Å². The fourth-order valence-electron chi connectivity index (χ4n) is 6.39. The van der Waals surface area contributed by atoms with Crippen LogP contribution in [0.4, 0.5) is 11.5 Å². The molecule has 8 heteroatoms. The number of rotatable bonds is 9. The van der Waals surface area contributed by atoms with Crippen LogP contribution in [0.2, 0.25) is 0 Å². The number of amides is 2. The van der Waals surface area contributed by atoms with Crippen molar-refractivity contribution in [2.24, 2.45) is 23.5 Å². The van der Waals surface area contributed by atoms with Gasteiger partial charge in [-0.25, -0.2) is 4.98 Å². The highest BCUT2D eigenvalue weighted by Crippen LogP contribution is 2.39. The first-order chi connectivity index (χ1) is 18.5. The Kier molecular flexibility index (Phi) is 6.80. The standard InChI is InChI=1S/C30H37N5O3/c31-29(37)24-10-8-21(14-25(24)32-16-18-6-7-18)30(38)34-23-13-20-5-2-12-35(26(20)15-23)27-11-9-22(17-33-27)28(36)19-3-1-4-19/h8-11,14,17-20,23,26,32H,1-7,12-13,15-16H2,(H2,31,37)(H,34,38). The van der Waals surface area contributed by atoms with Crippen LogP contribution in [0.15, 0.2) is 36.5 Å². The Balaban J connectivity index is 1.11. The minimum atomic E-state index is -0.496. The summed E-state index contributed by atoms with van der Waals surface area (Å²) in [6.45, 7) is 1.73. The van der Waals surface area contributed by atoms with Crippen LogP contribution < -0.4 is 21.3 Å². The van der Waals surface area contributed by atoms with Gasteiger partial charge in [0, 0.05) is 54.1 Å². The van der Waals surface area contributed by atoms with Gasteiger partial charge < -0.3 is 21.3 Å². The van der Waals surface area contributed by atoms with Crippen molar-refractivity contribution in [1.29, 1.82) is 0 Å². The van der Waals surface area contributed by atoms with Gasteiger partial charge in [-0.2, -0.15) is 0 Å². The SMILES string of the molecule is NC(=O)c1ccc(C(=O)NC2CC3CCCN(c4ccc(C(=O)C5CCC5)cn4)C3C2)cc1NCC1CC1. The third-order valence-electron chi connectivity index (χ3n) is 8.99. The molecule has 1 aliphatic heterocycles. The molecule has 4 aliphatic rings. The number of hydrogen-bond donors (Lipinski definition) is 3. The van der Waals surface area contributed by atoms with E-state index in [0.29, 0.717) is 34.7 Å². The van der Waals surface area contributed by atoms with Crippen molar-refractivity contribution in [3.63, 3.8) is 0 Å². The molecular weight excluding hydrogens is 478 g/mol. The summed E-state index contributed by atoms with van der Waals surface area (Å²) in [5.74, 6) is 1.84. The van der Waals surface area contributed by atoms with E-state index >= 15 is 0 Å². The average Bonchev–Trinajstić information content (AvgIpc) is 3.63. The predicted molar refractivity (Wildman–Crippen MR) is 146 cm³/mol. The molecule has 8 nitrogen and oxygen atoms in total. The van der Waals surface area contributed by atoms with Crippen LogP contribution in [0.5, 0.6) is 0 Å². The number of piperidine rings is 1. The smallest absolute Gasteiger partial charge is 0.251 e. The molecule has 0 radical (unpaired) electrons. The zero-order valence-corrected chi connectivity index (χ0v) is 21.8. The Bertz CT molecular complexity index is 1220. The quantitative estimate of drug-likeness (QED) is 0.432. The molecule has 3 saturated carbocycles.